The standard InChI is InChI=1S/C12H16N2S/c1-13-10(8-15)6-9-7-14-12-5-3-2-4-11(9)12/h2-5,7,10,13-15H,6,8H2,1H3/t10-/m0/s1. The third-order valence-corrected chi connectivity index (χ3v) is 3.21. The Hall–Kier alpha value is -0.930. The summed E-state index contributed by atoms with van der Waals surface area (Å²) in [4.78, 5) is 3.29. The number of hydrogen-bond acceptors (Lipinski definition) is 2. The van der Waals surface area contributed by atoms with Crippen molar-refractivity contribution in [3.8, 4) is 0 Å². The molecule has 0 amide bonds. The molecule has 0 spiro atoms. The van der Waals surface area contributed by atoms with Gasteiger partial charge in [0.1, 0.15) is 0 Å². The summed E-state index contributed by atoms with van der Waals surface area (Å²) in [5.74, 6) is 0.857. The maximum Gasteiger partial charge on any atom is 0.0456 e. The van der Waals surface area contributed by atoms with Crippen molar-refractivity contribution in [2.24, 2.45) is 0 Å². The lowest BCUT2D eigenvalue weighted by Crippen LogP contribution is -2.29. The highest BCUT2D eigenvalue weighted by atomic mass is 32.1. The van der Waals surface area contributed by atoms with E-state index >= 15 is 0 Å². The Morgan fingerprint density at radius 2 is 2.20 bits per heavy atom. The van der Waals surface area contributed by atoms with E-state index < -0.39 is 0 Å². The fourth-order valence-corrected chi connectivity index (χ4v) is 2.14. The van der Waals surface area contributed by atoms with E-state index in [1.807, 2.05) is 7.05 Å². The highest BCUT2D eigenvalue weighted by molar-refractivity contribution is 7.80. The normalized spacial score (nSPS) is 13.2. The van der Waals surface area contributed by atoms with Gasteiger partial charge in [0.25, 0.3) is 0 Å². The molecule has 0 aliphatic carbocycles. The van der Waals surface area contributed by atoms with Crippen LogP contribution in [0.1, 0.15) is 5.56 Å². The van der Waals surface area contributed by atoms with E-state index in [-0.39, 0.29) is 0 Å². The molecule has 0 aliphatic heterocycles. The number of para-hydroxylation sites is 1. The van der Waals surface area contributed by atoms with Gasteiger partial charge in [-0.3, -0.25) is 0 Å². The van der Waals surface area contributed by atoms with Gasteiger partial charge in [-0.15, -0.1) is 0 Å². The Bertz CT molecular complexity index is 432. The summed E-state index contributed by atoms with van der Waals surface area (Å²) < 4.78 is 0. The zero-order valence-electron chi connectivity index (χ0n) is 8.83. The van der Waals surface area contributed by atoms with Gasteiger partial charge in [-0.2, -0.15) is 12.6 Å². The molecule has 2 N–H and O–H groups in total. The van der Waals surface area contributed by atoms with Gasteiger partial charge in [0.05, 0.1) is 0 Å². The molecule has 80 valence electrons. The van der Waals surface area contributed by atoms with Crippen LogP contribution in [0.2, 0.25) is 0 Å². The van der Waals surface area contributed by atoms with Crippen LogP contribution in [-0.4, -0.2) is 23.8 Å². The minimum Gasteiger partial charge on any atom is -0.361 e. The summed E-state index contributed by atoms with van der Waals surface area (Å²) in [6.45, 7) is 0. The SMILES string of the molecule is CN[C@H](CS)Cc1c[nH]c2ccccc12. The lowest BCUT2D eigenvalue weighted by Gasteiger charge is -2.12. The Labute approximate surface area is 95.5 Å². The molecular weight excluding hydrogens is 204 g/mol. The molecular formula is C12H16N2S. The van der Waals surface area contributed by atoms with Gasteiger partial charge in [-0.25, -0.2) is 0 Å². The first-order chi connectivity index (χ1) is 7.35. The molecule has 3 heteroatoms. The maximum atomic E-state index is 4.33. The predicted octanol–water partition coefficient (Wildman–Crippen LogP) is 2.23. The molecule has 2 aromatic rings. The van der Waals surface area contributed by atoms with Crippen LogP contribution in [0.4, 0.5) is 0 Å². The molecule has 2 rings (SSSR count). The first-order valence-corrected chi connectivity index (χ1v) is 5.81. The van der Waals surface area contributed by atoms with Crippen molar-refractivity contribution in [2.45, 2.75) is 12.5 Å². The molecule has 0 aliphatic rings. The Kier molecular flexibility index (Phi) is 3.34. The lowest BCUT2D eigenvalue weighted by atomic mass is 10.1. The van der Waals surface area contributed by atoms with Gasteiger partial charge in [0.15, 0.2) is 0 Å². The largest absolute Gasteiger partial charge is 0.361 e. The van der Waals surface area contributed by atoms with E-state index in [1.165, 1.54) is 16.5 Å². The maximum absolute atomic E-state index is 4.33. The molecule has 1 heterocycles. The molecule has 0 bridgehead atoms. The molecule has 0 radical (unpaired) electrons. The van der Waals surface area contributed by atoms with Crippen LogP contribution in [0, 0.1) is 0 Å². The van der Waals surface area contributed by atoms with Crippen molar-refractivity contribution in [3.63, 3.8) is 0 Å². The predicted molar refractivity (Wildman–Crippen MR) is 68.7 cm³/mol. The molecule has 0 saturated carbocycles. The number of fused-ring (bicyclic) bond motifs is 1. The van der Waals surface area contributed by atoms with E-state index in [0.29, 0.717) is 6.04 Å². The van der Waals surface area contributed by atoms with Gasteiger partial charge < -0.3 is 10.3 Å². The molecule has 15 heavy (non-hydrogen) atoms. The summed E-state index contributed by atoms with van der Waals surface area (Å²) in [6.07, 6.45) is 3.11. The summed E-state index contributed by atoms with van der Waals surface area (Å²) >= 11 is 4.33. The topological polar surface area (TPSA) is 27.8 Å². The van der Waals surface area contributed by atoms with Crippen LogP contribution in [0.15, 0.2) is 30.5 Å². The number of hydrogen-bond donors (Lipinski definition) is 3. The van der Waals surface area contributed by atoms with Gasteiger partial charge in [-0.1, -0.05) is 18.2 Å². The lowest BCUT2D eigenvalue weighted by molar-refractivity contribution is 0.620. The minimum absolute atomic E-state index is 0.438. The van der Waals surface area contributed by atoms with Gasteiger partial charge in [0, 0.05) is 28.9 Å². The fourth-order valence-electron chi connectivity index (χ4n) is 1.82. The fraction of sp³-hybridized carbons (Fsp3) is 0.333. The second kappa shape index (κ2) is 4.73. The summed E-state index contributed by atoms with van der Waals surface area (Å²) in [5.41, 5.74) is 2.57. The van der Waals surface area contributed by atoms with Gasteiger partial charge in [-0.05, 0) is 25.1 Å². The third kappa shape index (κ3) is 2.19. The molecule has 0 unspecified atom stereocenters. The first-order valence-electron chi connectivity index (χ1n) is 5.18. The number of rotatable bonds is 4. The zero-order valence-corrected chi connectivity index (χ0v) is 9.72. The van der Waals surface area contributed by atoms with Crippen LogP contribution >= 0.6 is 12.6 Å². The number of H-pyrrole nitrogens is 1. The number of nitrogens with one attached hydrogen (secondary N) is 2. The molecule has 1 aromatic carbocycles. The number of aromatic amines is 1. The minimum atomic E-state index is 0.438. The summed E-state index contributed by atoms with van der Waals surface area (Å²) in [5, 5.41) is 4.58. The zero-order chi connectivity index (χ0) is 10.7. The van der Waals surface area contributed by atoms with Crippen LogP contribution in [-0.2, 0) is 6.42 Å². The number of aromatic nitrogens is 1. The molecule has 0 saturated heterocycles. The third-order valence-electron chi connectivity index (χ3n) is 2.77. The van der Waals surface area contributed by atoms with E-state index in [4.69, 9.17) is 0 Å². The monoisotopic (exact) mass is 220 g/mol. The van der Waals surface area contributed by atoms with E-state index in [1.54, 1.807) is 0 Å². The molecule has 2 nitrogen and oxygen atoms in total. The van der Waals surface area contributed by atoms with Crippen LogP contribution in [0.3, 0.4) is 0 Å². The number of benzene rings is 1. The highest BCUT2D eigenvalue weighted by Gasteiger charge is 2.08. The van der Waals surface area contributed by atoms with Crippen LogP contribution in [0.25, 0.3) is 10.9 Å². The van der Waals surface area contributed by atoms with Crippen LogP contribution in [0.5, 0.6) is 0 Å². The average molecular weight is 220 g/mol. The highest BCUT2D eigenvalue weighted by Crippen LogP contribution is 2.19. The van der Waals surface area contributed by atoms with Crippen molar-refractivity contribution in [3.05, 3.63) is 36.0 Å². The Balaban J connectivity index is 2.28. The van der Waals surface area contributed by atoms with Gasteiger partial charge in [0.2, 0.25) is 0 Å². The Morgan fingerprint density at radius 1 is 1.40 bits per heavy atom. The Morgan fingerprint density at radius 3 is 2.93 bits per heavy atom. The van der Waals surface area contributed by atoms with E-state index in [2.05, 4.69) is 53.4 Å². The van der Waals surface area contributed by atoms with Crippen molar-refractivity contribution < 1.29 is 0 Å². The van der Waals surface area contributed by atoms with E-state index in [0.717, 1.165) is 12.2 Å². The summed E-state index contributed by atoms with van der Waals surface area (Å²) in [6, 6.07) is 8.83. The van der Waals surface area contributed by atoms with Crippen molar-refractivity contribution in [2.75, 3.05) is 12.8 Å². The molecule has 0 fully saturated rings. The summed E-state index contributed by atoms with van der Waals surface area (Å²) in [7, 11) is 1.98. The molecule has 1 atom stereocenters. The quantitative estimate of drug-likeness (QED) is 0.677. The average Bonchev–Trinajstić information content (AvgIpc) is 2.69. The van der Waals surface area contributed by atoms with Crippen molar-refractivity contribution in [1.29, 1.82) is 0 Å². The smallest absolute Gasteiger partial charge is 0.0456 e. The van der Waals surface area contributed by atoms with Crippen LogP contribution < -0.4 is 5.32 Å². The van der Waals surface area contributed by atoms with Gasteiger partial charge >= 0.3 is 0 Å². The number of thiol groups is 1. The van der Waals surface area contributed by atoms with E-state index in [9.17, 15) is 0 Å². The first kappa shape index (κ1) is 10.6. The second-order valence-electron chi connectivity index (χ2n) is 3.73. The number of likely N-dealkylation sites (N-methyl/N-ethyl adjacent to an activating group) is 1. The van der Waals surface area contributed by atoms with Crippen molar-refractivity contribution >= 4 is 23.5 Å². The molecule has 1 aromatic heterocycles. The van der Waals surface area contributed by atoms with Crippen molar-refractivity contribution in [1.82, 2.24) is 10.3 Å². The second-order valence-corrected chi connectivity index (χ2v) is 4.10.